The highest BCUT2D eigenvalue weighted by Gasteiger charge is 2.21. The molecule has 0 bridgehead atoms. The van der Waals surface area contributed by atoms with E-state index >= 15 is 0 Å². The number of ether oxygens (including phenoxy) is 1. The smallest absolute Gasteiger partial charge is 0.224 e. The number of halogens is 1. The number of aliphatic imine (C=N–C) groups is 1. The maximum Gasteiger partial charge on any atom is 0.224 e. The second-order valence-electron chi connectivity index (χ2n) is 6.28. The minimum absolute atomic E-state index is 0. The van der Waals surface area contributed by atoms with Gasteiger partial charge in [0.15, 0.2) is 5.96 Å². The first-order valence-electron chi connectivity index (χ1n) is 9.70. The van der Waals surface area contributed by atoms with E-state index in [0.717, 1.165) is 64.1 Å². The van der Waals surface area contributed by atoms with E-state index in [2.05, 4.69) is 25.5 Å². The number of hydrogen-bond acceptors (Lipinski definition) is 5. The number of nitrogens with zero attached hydrogens (tertiary/aromatic N) is 4. The Kier molecular flexibility index (Phi) is 12.5. The highest BCUT2D eigenvalue weighted by Crippen LogP contribution is 2.12. The molecule has 0 spiro atoms. The monoisotopic (exact) mass is 504 g/mol. The van der Waals surface area contributed by atoms with Crippen LogP contribution >= 0.6 is 24.0 Å². The van der Waals surface area contributed by atoms with Crippen LogP contribution < -0.4 is 15.5 Å². The molecule has 28 heavy (non-hydrogen) atoms. The van der Waals surface area contributed by atoms with Crippen LogP contribution in [0.1, 0.15) is 19.8 Å². The molecule has 1 amide bonds. The molecule has 0 aliphatic carbocycles. The van der Waals surface area contributed by atoms with Gasteiger partial charge in [0.05, 0.1) is 0 Å². The first kappa shape index (κ1) is 24.4. The quantitative estimate of drug-likeness (QED) is 0.229. The number of aromatic nitrogens is 1. The summed E-state index contributed by atoms with van der Waals surface area (Å²) >= 11 is 0. The van der Waals surface area contributed by atoms with Crippen LogP contribution in [-0.2, 0) is 9.53 Å². The van der Waals surface area contributed by atoms with Gasteiger partial charge < -0.3 is 25.2 Å². The van der Waals surface area contributed by atoms with Crippen LogP contribution in [-0.4, -0.2) is 81.3 Å². The minimum atomic E-state index is 0. The summed E-state index contributed by atoms with van der Waals surface area (Å²) in [6.07, 6.45) is 3.19. The van der Waals surface area contributed by atoms with E-state index in [0.29, 0.717) is 13.0 Å². The number of carbonyl (C=O) groups excluding carboxylic acids is 1. The summed E-state index contributed by atoms with van der Waals surface area (Å²) in [6.45, 7) is 7.95. The van der Waals surface area contributed by atoms with Gasteiger partial charge >= 0.3 is 0 Å². The van der Waals surface area contributed by atoms with Crippen molar-refractivity contribution >= 4 is 41.7 Å². The zero-order valence-electron chi connectivity index (χ0n) is 16.9. The molecule has 0 unspecified atom stereocenters. The number of amides is 1. The largest absolute Gasteiger partial charge is 0.382 e. The number of anilines is 1. The molecule has 8 nitrogen and oxygen atoms in total. The molecule has 0 atom stereocenters. The fraction of sp³-hybridized carbons (Fsp3) is 0.632. The number of pyridine rings is 1. The normalized spacial score (nSPS) is 14.4. The number of guanidine groups is 1. The highest BCUT2D eigenvalue weighted by atomic mass is 127. The predicted octanol–water partition coefficient (Wildman–Crippen LogP) is 1.33. The number of rotatable bonds is 9. The molecule has 1 aromatic rings. The molecule has 2 N–H and O–H groups in total. The third-order valence-corrected chi connectivity index (χ3v) is 4.42. The molecule has 1 aliphatic rings. The number of carbonyl (C=O) groups is 1. The first-order valence-corrected chi connectivity index (χ1v) is 9.70. The molecule has 1 fully saturated rings. The Morgan fingerprint density at radius 1 is 1.21 bits per heavy atom. The second-order valence-corrected chi connectivity index (χ2v) is 6.28. The SMILES string of the molecule is CCOCCCNC(=NC)NCCC(=O)N1CCN(c2ccccn2)CC1.I. The Balaban J connectivity index is 0.00000392. The van der Waals surface area contributed by atoms with Crippen LogP contribution in [0.3, 0.4) is 0 Å². The summed E-state index contributed by atoms with van der Waals surface area (Å²) in [6, 6.07) is 5.91. The maximum atomic E-state index is 12.4. The van der Waals surface area contributed by atoms with E-state index < -0.39 is 0 Å². The fourth-order valence-electron chi connectivity index (χ4n) is 2.92. The lowest BCUT2D eigenvalue weighted by Crippen LogP contribution is -2.49. The van der Waals surface area contributed by atoms with Crippen LogP contribution in [0.5, 0.6) is 0 Å². The summed E-state index contributed by atoms with van der Waals surface area (Å²) in [5.74, 6) is 1.87. The van der Waals surface area contributed by atoms with Crippen molar-refractivity contribution in [3.8, 4) is 0 Å². The molecule has 2 rings (SSSR count). The Hall–Kier alpha value is -1.62. The summed E-state index contributed by atoms with van der Waals surface area (Å²) in [4.78, 5) is 25.1. The molecule has 9 heteroatoms. The molecule has 0 radical (unpaired) electrons. The zero-order valence-corrected chi connectivity index (χ0v) is 19.2. The summed E-state index contributed by atoms with van der Waals surface area (Å²) in [7, 11) is 1.73. The fourth-order valence-corrected chi connectivity index (χ4v) is 2.92. The van der Waals surface area contributed by atoms with E-state index in [9.17, 15) is 4.79 Å². The van der Waals surface area contributed by atoms with Gasteiger partial charge in [0, 0.05) is 72.1 Å². The van der Waals surface area contributed by atoms with Crippen LogP contribution in [0.4, 0.5) is 5.82 Å². The summed E-state index contributed by atoms with van der Waals surface area (Å²) in [5, 5.41) is 6.42. The van der Waals surface area contributed by atoms with Gasteiger partial charge in [0.1, 0.15) is 5.82 Å². The van der Waals surface area contributed by atoms with Crippen LogP contribution in [0.25, 0.3) is 0 Å². The maximum absolute atomic E-state index is 12.4. The van der Waals surface area contributed by atoms with Crippen molar-refractivity contribution in [2.24, 2.45) is 4.99 Å². The van der Waals surface area contributed by atoms with Crippen molar-refractivity contribution in [3.63, 3.8) is 0 Å². The van der Waals surface area contributed by atoms with Gasteiger partial charge in [0.2, 0.25) is 5.91 Å². The average molecular weight is 504 g/mol. The lowest BCUT2D eigenvalue weighted by atomic mass is 10.2. The van der Waals surface area contributed by atoms with E-state index in [1.165, 1.54) is 0 Å². The highest BCUT2D eigenvalue weighted by molar-refractivity contribution is 14.0. The van der Waals surface area contributed by atoms with Crippen molar-refractivity contribution in [2.45, 2.75) is 19.8 Å². The molecule has 1 aromatic heterocycles. The van der Waals surface area contributed by atoms with Gasteiger partial charge in [-0.15, -0.1) is 24.0 Å². The van der Waals surface area contributed by atoms with Gasteiger partial charge in [-0.2, -0.15) is 0 Å². The summed E-state index contributed by atoms with van der Waals surface area (Å²) < 4.78 is 5.31. The van der Waals surface area contributed by atoms with E-state index in [1.54, 1.807) is 13.2 Å². The Labute approximate surface area is 185 Å². The lowest BCUT2D eigenvalue weighted by molar-refractivity contribution is -0.131. The topological polar surface area (TPSA) is 82.1 Å². The van der Waals surface area contributed by atoms with Gasteiger partial charge in [-0.25, -0.2) is 4.98 Å². The van der Waals surface area contributed by atoms with Crippen LogP contribution in [0.15, 0.2) is 29.4 Å². The van der Waals surface area contributed by atoms with Crippen LogP contribution in [0, 0.1) is 0 Å². The van der Waals surface area contributed by atoms with Crippen molar-refractivity contribution in [1.82, 2.24) is 20.5 Å². The second kappa shape index (κ2) is 14.4. The predicted molar refractivity (Wildman–Crippen MR) is 124 cm³/mol. The zero-order chi connectivity index (χ0) is 19.3. The molecule has 158 valence electrons. The molecule has 2 heterocycles. The number of nitrogens with one attached hydrogen (secondary N) is 2. The van der Waals surface area contributed by atoms with Gasteiger partial charge in [-0.05, 0) is 25.5 Å². The van der Waals surface area contributed by atoms with E-state index in [1.807, 2.05) is 30.0 Å². The van der Waals surface area contributed by atoms with E-state index in [4.69, 9.17) is 4.74 Å². The molecule has 0 saturated carbocycles. The van der Waals surface area contributed by atoms with E-state index in [-0.39, 0.29) is 29.9 Å². The minimum Gasteiger partial charge on any atom is -0.382 e. The third-order valence-electron chi connectivity index (χ3n) is 4.42. The van der Waals surface area contributed by atoms with Crippen LogP contribution in [0.2, 0.25) is 0 Å². The van der Waals surface area contributed by atoms with Gasteiger partial charge in [-0.3, -0.25) is 9.79 Å². The van der Waals surface area contributed by atoms with Crippen molar-refractivity contribution < 1.29 is 9.53 Å². The van der Waals surface area contributed by atoms with Crippen molar-refractivity contribution in [2.75, 3.05) is 64.4 Å². The molecule has 1 saturated heterocycles. The molecular formula is C19H33IN6O2. The number of piperazine rings is 1. The van der Waals surface area contributed by atoms with Crippen molar-refractivity contribution in [3.05, 3.63) is 24.4 Å². The third kappa shape index (κ3) is 8.59. The Bertz CT molecular complexity index is 579. The Morgan fingerprint density at radius 3 is 2.61 bits per heavy atom. The van der Waals surface area contributed by atoms with Gasteiger partial charge in [0.25, 0.3) is 0 Å². The van der Waals surface area contributed by atoms with Crippen molar-refractivity contribution in [1.29, 1.82) is 0 Å². The average Bonchev–Trinajstić information content (AvgIpc) is 2.73. The standard InChI is InChI=1S/C19H32N6O2.HI/c1-3-27-16-6-10-22-19(20-2)23-11-8-18(26)25-14-12-24(13-15-25)17-7-4-5-9-21-17;/h4-5,7,9H,3,6,8,10-16H2,1-2H3,(H2,20,22,23);1H. The Morgan fingerprint density at radius 2 is 1.96 bits per heavy atom. The number of hydrogen-bond donors (Lipinski definition) is 2. The molecule has 0 aromatic carbocycles. The molecular weight excluding hydrogens is 471 g/mol. The van der Waals surface area contributed by atoms with Gasteiger partial charge in [-0.1, -0.05) is 6.07 Å². The first-order chi connectivity index (χ1) is 13.2. The summed E-state index contributed by atoms with van der Waals surface area (Å²) in [5.41, 5.74) is 0. The lowest BCUT2D eigenvalue weighted by Gasteiger charge is -2.35. The molecule has 1 aliphatic heterocycles.